The predicted molar refractivity (Wildman–Crippen MR) is 97.9 cm³/mol. The lowest BCUT2D eigenvalue weighted by atomic mass is 10.00. The minimum Gasteiger partial charge on any atom is -0.356 e. The van der Waals surface area contributed by atoms with Gasteiger partial charge in [0.2, 0.25) is 5.91 Å². The van der Waals surface area contributed by atoms with Gasteiger partial charge in [-0.15, -0.1) is 0 Å². The lowest BCUT2D eigenvalue weighted by molar-refractivity contribution is -0.118. The van der Waals surface area contributed by atoms with Crippen LogP contribution in [-0.2, 0) is 10.2 Å². The summed E-state index contributed by atoms with van der Waals surface area (Å²) in [6.45, 7) is 0. The third kappa shape index (κ3) is 3.03. The van der Waals surface area contributed by atoms with Crippen LogP contribution in [0.5, 0.6) is 0 Å². The first-order chi connectivity index (χ1) is 12.1. The average Bonchev–Trinajstić information content (AvgIpc) is 3.28. The maximum atomic E-state index is 12.8. The number of para-hydroxylation sites is 1. The smallest absolute Gasteiger partial charge is 0.236 e. The van der Waals surface area contributed by atoms with E-state index in [0.717, 1.165) is 18.4 Å². The van der Waals surface area contributed by atoms with E-state index in [1.54, 1.807) is 24.3 Å². The highest BCUT2D eigenvalue weighted by atomic mass is 35.5. The molecule has 2 aromatic carbocycles. The number of amides is 1. The van der Waals surface area contributed by atoms with E-state index in [4.69, 9.17) is 27.7 Å². The zero-order valence-corrected chi connectivity index (χ0v) is 14.6. The number of rotatable bonds is 4. The number of halogens is 2. The second-order valence-corrected chi connectivity index (χ2v) is 6.94. The Kier molecular flexibility index (Phi) is 4.02. The monoisotopic (exact) mass is 372 g/mol. The first kappa shape index (κ1) is 16.2. The van der Waals surface area contributed by atoms with Crippen molar-refractivity contribution in [3.05, 3.63) is 70.3 Å². The molecule has 0 saturated heterocycles. The molecule has 0 unspecified atom stereocenters. The summed E-state index contributed by atoms with van der Waals surface area (Å²) in [4.78, 5) is 12.8. The van der Waals surface area contributed by atoms with Gasteiger partial charge < -0.3 is 9.84 Å². The molecule has 0 atom stereocenters. The zero-order chi connectivity index (χ0) is 17.4. The number of benzene rings is 2. The molecule has 1 aromatic heterocycles. The normalized spacial score (nSPS) is 15.0. The highest BCUT2D eigenvalue weighted by Gasteiger charge is 2.54. The number of anilines is 1. The molecule has 6 heteroatoms. The minimum atomic E-state index is -0.645. The topological polar surface area (TPSA) is 55.1 Å². The van der Waals surface area contributed by atoms with Gasteiger partial charge in [-0.25, -0.2) is 0 Å². The molecular formula is C19H14Cl2N2O2. The van der Waals surface area contributed by atoms with E-state index in [2.05, 4.69) is 10.5 Å². The standard InChI is InChI=1S/C19H14Cl2N2O2/c20-13-7-5-12(6-8-13)16-11-17(23-25-16)19(9-10-19)18(24)22-15-4-2-1-3-14(15)21/h1-8,11H,9-10H2,(H,22,24). The first-order valence-electron chi connectivity index (χ1n) is 7.88. The number of hydrogen-bond donors (Lipinski definition) is 1. The average molecular weight is 373 g/mol. The molecule has 1 saturated carbocycles. The molecule has 1 aliphatic carbocycles. The summed E-state index contributed by atoms with van der Waals surface area (Å²) in [5.74, 6) is 0.500. The van der Waals surface area contributed by atoms with E-state index in [-0.39, 0.29) is 5.91 Å². The zero-order valence-electron chi connectivity index (χ0n) is 13.1. The van der Waals surface area contributed by atoms with Crippen molar-refractivity contribution >= 4 is 34.8 Å². The van der Waals surface area contributed by atoms with Crippen molar-refractivity contribution in [1.29, 1.82) is 0 Å². The first-order valence-corrected chi connectivity index (χ1v) is 8.63. The number of hydrogen-bond acceptors (Lipinski definition) is 3. The molecule has 1 fully saturated rings. The molecule has 1 aliphatic rings. The largest absolute Gasteiger partial charge is 0.356 e. The maximum absolute atomic E-state index is 12.8. The van der Waals surface area contributed by atoms with Crippen LogP contribution in [-0.4, -0.2) is 11.1 Å². The van der Waals surface area contributed by atoms with Crippen molar-refractivity contribution < 1.29 is 9.32 Å². The van der Waals surface area contributed by atoms with Gasteiger partial charge in [-0.2, -0.15) is 0 Å². The van der Waals surface area contributed by atoms with Crippen LogP contribution in [0.1, 0.15) is 18.5 Å². The molecule has 1 heterocycles. The van der Waals surface area contributed by atoms with Gasteiger partial charge >= 0.3 is 0 Å². The van der Waals surface area contributed by atoms with Crippen molar-refractivity contribution in [2.45, 2.75) is 18.3 Å². The number of nitrogens with one attached hydrogen (secondary N) is 1. The molecule has 0 bridgehead atoms. The van der Waals surface area contributed by atoms with Gasteiger partial charge in [0, 0.05) is 16.7 Å². The molecule has 25 heavy (non-hydrogen) atoms. The van der Waals surface area contributed by atoms with E-state index in [9.17, 15) is 4.79 Å². The summed E-state index contributed by atoms with van der Waals surface area (Å²) in [5, 5.41) is 8.19. The molecule has 3 aromatic rings. The van der Waals surface area contributed by atoms with Gasteiger partial charge in [-0.3, -0.25) is 4.79 Å². The van der Waals surface area contributed by atoms with E-state index in [0.29, 0.717) is 27.2 Å². The number of carbonyl (C=O) groups excluding carboxylic acids is 1. The van der Waals surface area contributed by atoms with Crippen LogP contribution in [0.15, 0.2) is 59.1 Å². The van der Waals surface area contributed by atoms with Crippen molar-refractivity contribution in [3.63, 3.8) is 0 Å². The van der Waals surface area contributed by atoms with E-state index >= 15 is 0 Å². The van der Waals surface area contributed by atoms with Gasteiger partial charge in [0.1, 0.15) is 0 Å². The highest BCUT2D eigenvalue weighted by Crippen LogP contribution is 2.49. The van der Waals surface area contributed by atoms with Crippen LogP contribution < -0.4 is 5.32 Å². The number of carbonyl (C=O) groups is 1. The van der Waals surface area contributed by atoms with Crippen LogP contribution in [0.3, 0.4) is 0 Å². The number of nitrogens with zero attached hydrogens (tertiary/aromatic N) is 1. The molecule has 126 valence electrons. The molecule has 1 amide bonds. The molecule has 4 nitrogen and oxygen atoms in total. The van der Waals surface area contributed by atoms with E-state index < -0.39 is 5.41 Å². The SMILES string of the molecule is O=C(Nc1ccccc1Cl)C1(c2cc(-c3ccc(Cl)cc3)on2)CC1. The lowest BCUT2D eigenvalue weighted by Crippen LogP contribution is -2.28. The highest BCUT2D eigenvalue weighted by molar-refractivity contribution is 6.33. The number of aromatic nitrogens is 1. The van der Waals surface area contributed by atoms with Crippen molar-refractivity contribution in [3.8, 4) is 11.3 Å². The summed E-state index contributed by atoms with van der Waals surface area (Å²) in [5.41, 5.74) is 1.46. The molecule has 1 N–H and O–H groups in total. The molecule has 0 spiro atoms. The third-order valence-electron chi connectivity index (χ3n) is 4.44. The Morgan fingerprint density at radius 1 is 1.08 bits per heavy atom. The van der Waals surface area contributed by atoms with Crippen molar-refractivity contribution in [2.24, 2.45) is 0 Å². The summed E-state index contributed by atoms with van der Waals surface area (Å²) in [7, 11) is 0. The minimum absolute atomic E-state index is 0.114. The Balaban J connectivity index is 1.58. The molecular weight excluding hydrogens is 359 g/mol. The van der Waals surface area contributed by atoms with Crippen LogP contribution in [0.25, 0.3) is 11.3 Å². The maximum Gasteiger partial charge on any atom is 0.236 e. The second-order valence-electron chi connectivity index (χ2n) is 6.10. The van der Waals surface area contributed by atoms with Crippen LogP contribution in [0.2, 0.25) is 10.0 Å². The Labute approximate surface area is 154 Å². The Hall–Kier alpha value is -2.30. The van der Waals surface area contributed by atoms with Gasteiger partial charge in [-0.1, -0.05) is 40.5 Å². The van der Waals surface area contributed by atoms with Crippen molar-refractivity contribution in [2.75, 3.05) is 5.32 Å². The fourth-order valence-corrected chi connectivity index (χ4v) is 3.09. The summed E-state index contributed by atoms with van der Waals surface area (Å²) >= 11 is 12.0. The van der Waals surface area contributed by atoms with E-state index in [1.807, 2.05) is 30.3 Å². The van der Waals surface area contributed by atoms with E-state index in [1.165, 1.54) is 0 Å². The summed E-state index contributed by atoms with van der Waals surface area (Å²) < 4.78 is 5.44. The van der Waals surface area contributed by atoms with Crippen LogP contribution in [0.4, 0.5) is 5.69 Å². The van der Waals surface area contributed by atoms with Gasteiger partial charge in [0.15, 0.2) is 5.76 Å². The fraction of sp³-hybridized carbons (Fsp3) is 0.158. The summed E-state index contributed by atoms with van der Waals surface area (Å²) in [6, 6.07) is 16.3. The predicted octanol–water partition coefficient (Wildman–Crippen LogP) is 5.32. The molecule has 4 rings (SSSR count). The molecule has 0 aliphatic heterocycles. The lowest BCUT2D eigenvalue weighted by Gasteiger charge is -2.13. The van der Waals surface area contributed by atoms with Gasteiger partial charge in [0.05, 0.1) is 21.8 Å². The third-order valence-corrected chi connectivity index (χ3v) is 5.02. The van der Waals surface area contributed by atoms with Crippen LogP contribution in [0, 0.1) is 0 Å². The Morgan fingerprint density at radius 2 is 1.80 bits per heavy atom. The van der Waals surface area contributed by atoms with Crippen molar-refractivity contribution in [1.82, 2.24) is 5.16 Å². The second kappa shape index (κ2) is 6.21. The van der Waals surface area contributed by atoms with Crippen LogP contribution >= 0.6 is 23.2 Å². The van der Waals surface area contributed by atoms with Gasteiger partial charge in [0.25, 0.3) is 0 Å². The molecule has 0 radical (unpaired) electrons. The Morgan fingerprint density at radius 3 is 2.48 bits per heavy atom. The quantitative estimate of drug-likeness (QED) is 0.674. The fourth-order valence-electron chi connectivity index (χ4n) is 2.78. The summed E-state index contributed by atoms with van der Waals surface area (Å²) in [6.07, 6.45) is 1.46. The Bertz CT molecular complexity index is 931. The van der Waals surface area contributed by atoms with Gasteiger partial charge in [-0.05, 0) is 49.2 Å².